The fourth-order valence-electron chi connectivity index (χ4n) is 1.25. The molecule has 4 heteroatoms. The number of carbonyl (C=O) groups excluding carboxylic acids is 1. The van der Waals surface area contributed by atoms with Crippen LogP contribution in [0.3, 0.4) is 0 Å². The average molecular weight is 217 g/mol. The van der Waals surface area contributed by atoms with Gasteiger partial charge in [-0.25, -0.2) is 0 Å². The largest absolute Gasteiger partial charge is 0.389 e. The van der Waals surface area contributed by atoms with Crippen LogP contribution in [0, 0.1) is 5.41 Å². The zero-order valence-electron chi connectivity index (χ0n) is 10.4. The molecule has 0 bridgehead atoms. The Morgan fingerprint density at radius 1 is 1.47 bits per heavy atom. The fraction of sp³-hybridized carbons (Fsp3) is 0.909. The molecule has 90 valence electrons. The van der Waals surface area contributed by atoms with Crippen molar-refractivity contribution in [3.05, 3.63) is 0 Å². The first-order valence-electron chi connectivity index (χ1n) is 5.17. The number of aliphatic hydroxyl groups excluding tert-OH is 1. The Hall–Kier alpha value is -0.610. The lowest BCUT2D eigenvalue weighted by atomic mass is 9.91. The summed E-state index contributed by atoms with van der Waals surface area (Å²) in [5, 5.41) is 9.45. The summed E-state index contributed by atoms with van der Waals surface area (Å²) in [5.41, 5.74) is -0.0163. The van der Waals surface area contributed by atoms with E-state index in [-0.39, 0.29) is 17.9 Å². The minimum atomic E-state index is -0.607. The van der Waals surface area contributed by atoms with Crippen molar-refractivity contribution in [1.29, 1.82) is 0 Å². The van der Waals surface area contributed by atoms with Gasteiger partial charge < -0.3 is 14.7 Å². The fourth-order valence-corrected chi connectivity index (χ4v) is 1.25. The van der Waals surface area contributed by atoms with E-state index >= 15 is 0 Å². The first-order valence-corrected chi connectivity index (χ1v) is 5.17. The van der Waals surface area contributed by atoms with Crippen LogP contribution in [0.2, 0.25) is 0 Å². The minimum absolute atomic E-state index is 0.0163. The summed E-state index contributed by atoms with van der Waals surface area (Å²) in [4.78, 5) is 13.2. The van der Waals surface area contributed by atoms with E-state index in [1.54, 1.807) is 11.9 Å². The van der Waals surface area contributed by atoms with Crippen molar-refractivity contribution in [3.8, 4) is 0 Å². The molecule has 0 heterocycles. The molecule has 0 aromatic heterocycles. The Morgan fingerprint density at radius 3 is 2.40 bits per heavy atom. The van der Waals surface area contributed by atoms with Gasteiger partial charge in [-0.2, -0.15) is 0 Å². The van der Waals surface area contributed by atoms with Crippen molar-refractivity contribution in [2.75, 3.05) is 27.3 Å². The summed E-state index contributed by atoms with van der Waals surface area (Å²) in [6, 6.07) is 0. The van der Waals surface area contributed by atoms with Gasteiger partial charge in [0.25, 0.3) is 0 Å². The van der Waals surface area contributed by atoms with Gasteiger partial charge in [0.15, 0.2) is 0 Å². The standard InChI is InChI=1S/C11H23NO3/c1-11(2,3)6-10(14)12(4)7-9(13)8-15-5/h9,13H,6-8H2,1-5H3. The second-order valence-electron chi connectivity index (χ2n) is 5.12. The summed E-state index contributed by atoms with van der Waals surface area (Å²) in [6.45, 7) is 6.63. The molecule has 4 nitrogen and oxygen atoms in total. The van der Waals surface area contributed by atoms with E-state index in [1.165, 1.54) is 7.11 Å². The van der Waals surface area contributed by atoms with Crippen molar-refractivity contribution in [3.63, 3.8) is 0 Å². The number of nitrogens with zero attached hydrogens (tertiary/aromatic N) is 1. The molecule has 0 radical (unpaired) electrons. The lowest BCUT2D eigenvalue weighted by Gasteiger charge is -2.24. The maximum absolute atomic E-state index is 11.7. The Balaban J connectivity index is 3.99. The topological polar surface area (TPSA) is 49.8 Å². The van der Waals surface area contributed by atoms with Crippen LogP contribution in [0.25, 0.3) is 0 Å². The third kappa shape index (κ3) is 7.33. The van der Waals surface area contributed by atoms with Gasteiger partial charge in [-0.15, -0.1) is 0 Å². The van der Waals surface area contributed by atoms with E-state index in [0.29, 0.717) is 13.0 Å². The number of likely N-dealkylation sites (N-methyl/N-ethyl adjacent to an activating group) is 1. The smallest absolute Gasteiger partial charge is 0.222 e. The van der Waals surface area contributed by atoms with E-state index < -0.39 is 6.10 Å². The number of hydrogen-bond acceptors (Lipinski definition) is 3. The molecule has 1 unspecified atom stereocenters. The summed E-state index contributed by atoms with van der Waals surface area (Å²) in [5.74, 6) is 0.0534. The first-order chi connectivity index (χ1) is 6.76. The van der Waals surface area contributed by atoms with Gasteiger partial charge >= 0.3 is 0 Å². The van der Waals surface area contributed by atoms with Crippen LogP contribution in [-0.2, 0) is 9.53 Å². The predicted octanol–water partition coefficient (Wildman–Crippen LogP) is 0.888. The highest BCUT2D eigenvalue weighted by Crippen LogP contribution is 2.19. The second-order valence-corrected chi connectivity index (χ2v) is 5.12. The van der Waals surface area contributed by atoms with Gasteiger partial charge in [-0.3, -0.25) is 4.79 Å². The van der Waals surface area contributed by atoms with E-state index in [0.717, 1.165) is 0 Å². The highest BCUT2D eigenvalue weighted by Gasteiger charge is 2.20. The van der Waals surface area contributed by atoms with Gasteiger partial charge in [-0.05, 0) is 5.41 Å². The minimum Gasteiger partial charge on any atom is -0.389 e. The van der Waals surface area contributed by atoms with Crippen LogP contribution in [0.15, 0.2) is 0 Å². The molecule has 1 N–H and O–H groups in total. The van der Waals surface area contributed by atoms with Gasteiger partial charge in [0.1, 0.15) is 0 Å². The highest BCUT2D eigenvalue weighted by atomic mass is 16.5. The lowest BCUT2D eigenvalue weighted by molar-refractivity contribution is -0.133. The van der Waals surface area contributed by atoms with Crippen LogP contribution >= 0.6 is 0 Å². The van der Waals surface area contributed by atoms with Crippen LogP contribution in [0.1, 0.15) is 27.2 Å². The Labute approximate surface area is 92.2 Å². The number of ether oxygens (including phenoxy) is 1. The molecule has 0 aliphatic heterocycles. The number of methoxy groups -OCH3 is 1. The van der Waals surface area contributed by atoms with Crippen molar-refractivity contribution in [2.24, 2.45) is 5.41 Å². The van der Waals surface area contributed by atoms with Crippen molar-refractivity contribution in [2.45, 2.75) is 33.3 Å². The van der Waals surface area contributed by atoms with Gasteiger partial charge in [-0.1, -0.05) is 20.8 Å². The number of carbonyl (C=O) groups is 1. The normalized spacial score (nSPS) is 13.7. The number of amides is 1. The first kappa shape index (κ1) is 14.4. The Morgan fingerprint density at radius 2 is 2.00 bits per heavy atom. The molecule has 0 aliphatic carbocycles. The van der Waals surface area contributed by atoms with E-state index in [4.69, 9.17) is 4.74 Å². The molecule has 0 saturated carbocycles. The zero-order valence-corrected chi connectivity index (χ0v) is 10.4. The second kappa shape index (κ2) is 6.08. The summed E-state index contributed by atoms with van der Waals surface area (Å²) >= 11 is 0. The Bertz CT molecular complexity index is 198. The predicted molar refractivity (Wildman–Crippen MR) is 59.6 cm³/mol. The number of aliphatic hydroxyl groups is 1. The third-order valence-electron chi connectivity index (χ3n) is 1.95. The SMILES string of the molecule is COCC(O)CN(C)C(=O)CC(C)(C)C. The molecular weight excluding hydrogens is 194 g/mol. The molecule has 0 rings (SSSR count). The number of hydrogen-bond donors (Lipinski definition) is 1. The molecule has 0 aromatic carbocycles. The Kier molecular flexibility index (Phi) is 5.83. The van der Waals surface area contributed by atoms with Crippen LogP contribution < -0.4 is 0 Å². The molecule has 0 spiro atoms. The van der Waals surface area contributed by atoms with E-state index in [1.807, 2.05) is 20.8 Å². The quantitative estimate of drug-likeness (QED) is 0.744. The van der Waals surface area contributed by atoms with E-state index in [9.17, 15) is 9.90 Å². The van der Waals surface area contributed by atoms with Crippen molar-refractivity contribution >= 4 is 5.91 Å². The monoisotopic (exact) mass is 217 g/mol. The maximum Gasteiger partial charge on any atom is 0.222 e. The molecule has 0 fully saturated rings. The van der Waals surface area contributed by atoms with Gasteiger partial charge in [0.05, 0.1) is 12.7 Å². The van der Waals surface area contributed by atoms with Gasteiger partial charge in [0.2, 0.25) is 5.91 Å². The van der Waals surface area contributed by atoms with E-state index in [2.05, 4.69) is 0 Å². The van der Waals surface area contributed by atoms with Crippen LogP contribution in [0.4, 0.5) is 0 Å². The zero-order chi connectivity index (χ0) is 12.1. The molecular formula is C11H23NO3. The maximum atomic E-state index is 11.7. The molecule has 0 aromatic rings. The highest BCUT2D eigenvalue weighted by molar-refractivity contribution is 5.76. The molecule has 0 aliphatic rings. The summed E-state index contributed by atoms with van der Waals surface area (Å²) in [6.07, 6.45) is -0.118. The van der Waals surface area contributed by atoms with Crippen molar-refractivity contribution < 1.29 is 14.6 Å². The number of rotatable bonds is 5. The molecule has 1 amide bonds. The average Bonchev–Trinajstić information content (AvgIpc) is 2.00. The van der Waals surface area contributed by atoms with Crippen LogP contribution in [-0.4, -0.2) is 49.3 Å². The molecule has 0 saturated heterocycles. The summed E-state index contributed by atoms with van der Waals surface area (Å²) in [7, 11) is 3.23. The third-order valence-corrected chi connectivity index (χ3v) is 1.95. The lowest BCUT2D eigenvalue weighted by Crippen LogP contribution is -2.37. The summed E-state index contributed by atoms with van der Waals surface area (Å²) < 4.78 is 4.80. The van der Waals surface area contributed by atoms with Crippen LogP contribution in [0.5, 0.6) is 0 Å². The molecule has 15 heavy (non-hydrogen) atoms. The van der Waals surface area contributed by atoms with Gasteiger partial charge in [0, 0.05) is 27.1 Å². The molecule has 1 atom stereocenters. The van der Waals surface area contributed by atoms with Crippen molar-refractivity contribution in [1.82, 2.24) is 4.90 Å².